The van der Waals surface area contributed by atoms with Gasteiger partial charge in [-0.05, 0) is 39.6 Å². The highest BCUT2D eigenvalue weighted by Gasteiger charge is 2.17. The summed E-state index contributed by atoms with van der Waals surface area (Å²) >= 11 is 0. The van der Waals surface area contributed by atoms with Crippen LogP contribution in [0.2, 0.25) is 0 Å². The van der Waals surface area contributed by atoms with Gasteiger partial charge in [0.1, 0.15) is 0 Å². The fourth-order valence-corrected chi connectivity index (χ4v) is 3.47. The summed E-state index contributed by atoms with van der Waals surface area (Å²) in [5.74, 6) is 0. The number of allylic oxidation sites excluding steroid dienone is 1. The summed E-state index contributed by atoms with van der Waals surface area (Å²) in [7, 11) is -4.25. The lowest BCUT2D eigenvalue weighted by molar-refractivity contribution is 0.482. The van der Waals surface area contributed by atoms with Gasteiger partial charge in [0.2, 0.25) is 0 Å². The standard InChI is InChI=1S/C17H14O3S/c1-2-5-16-15-9-8-12-6-3-4-7-13(12)14(15)10-11-17(16)21(18,19)20/h2-4,6-11H,1,5H2,(H,18,19,20). The molecule has 0 spiro atoms. The first-order valence-corrected chi connectivity index (χ1v) is 7.98. The zero-order valence-electron chi connectivity index (χ0n) is 11.3. The van der Waals surface area contributed by atoms with Crippen LogP contribution in [0.5, 0.6) is 0 Å². The molecule has 3 aromatic rings. The van der Waals surface area contributed by atoms with Gasteiger partial charge in [-0.3, -0.25) is 4.55 Å². The smallest absolute Gasteiger partial charge is 0.282 e. The Morgan fingerprint density at radius 3 is 2.38 bits per heavy atom. The topological polar surface area (TPSA) is 54.4 Å². The minimum atomic E-state index is -4.25. The van der Waals surface area contributed by atoms with E-state index in [-0.39, 0.29) is 4.90 Å². The third-order valence-corrected chi connectivity index (χ3v) is 4.56. The number of hydrogen-bond acceptors (Lipinski definition) is 2. The van der Waals surface area contributed by atoms with Gasteiger partial charge in [0.15, 0.2) is 0 Å². The lowest BCUT2D eigenvalue weighted by Gasteiger charge is -2.11. The molecular formula is C17H14O3S. The molecule has 0 amide bonds. The van der Waals surface area contributed by atoms with E-state index in [2.05, 4.69) is 6.58 Å². The molecule has 0 aliphatic carbocycles. The van der Waals surface area contributed by atoms with Crippen LogP contribution in [-0.2, 0) is 16.5 Å². The lowest BCUT2D eigenvalue weighted by atomic mass is 9.97. The summed E-state index contributed by atoms with van der Waals surface area (Å²) in [5.41, 5.74) is 0.579. The molecule has 0 saturated carbocycles. The van der Waals surface area contributed by atoms with Crippen LogP contribution in [0.15, 0.2) is 66.1 Å². The fourth-order valence-electron chi connectivity index (χ4n) is 2.73. The summed E-state index contributed by atoms with van der Waals surface area (Å²) < 4.78 is 32.5. The molecule has 4 heteroatoms. The Bertz CT molecular complexity index is 956. The van der Waals surface area contributed by atoms with E-state index in [1.165, 1.54) is 6.07 Å². The molecule has 0 atom stereocenters. The Kier molecular flexibility index (Phi) is 3.27. The van der Waals surface area contributed by atoms with Crippen molar-refractivity contribution < 1.29 is 13.0 Å². The van der Waals surface area contributed by atoms with Gasteiger partial charge in [-0.15, -0.1) is 6.58 Å². The monoisotopic (exact) mass is 298 g/mol. The molecule has 0 aliphatic heterocycles. The van der Waals surface area contributed by atoms with Crippen LogP contribution in [0.4, 0.5) is 0 Å². The first kappa shape index (κ1) is 13.8. The van der Waals surface area contributed by atoms with Gasteiger partial charge >= 0.3 is 0 Å². The molecule has 3 rings (SSSR count). The maximum absolute atomic E-state index is 11.6. The fraction of sp³-hybridized carbons (Fsp3) is 0.0588. The summed E-state index contributed by atoms with van der Waals surface area (Å²) in [6, 6.07) is 15.0. The quantitative estimate of drug-likeness (QED) is 0.452. The van der Waals surface area contributed by atoms with Gasteiger partial charge < -0.3 is 0 Å². The van der Waals surface area contributed by atoms with E-state index >= 15 is 0 Å². The Balaban J connectivity index is 2.49. The highest BCUT2D eigenvalue weighted by molar-refractivity contribution is 7.85. The van der Waals surface area contributed by atoms with E-state index in [0.717, 1.165) is 21.5 Å². The van der Waals surface area contributed by atoms with Gasteiger partial charge in [-0.25, -0.2) is 0 Å². The SMILES string of the molecule is C=CCc1c(S(=O)(=O)O)ccc2c1ccc1ccccc12. The normalized spacial score (nSPS) is 11.9. The van der Waals surface area contributed by atoms with Crippen molar-refractivity contribution in [3.05, 3.63) is 66.7 Å². The first-order chi connectivity index (χ1) is 10.0. The molecule has 0 saturated heterocycles. The van der Waals surface area contributed by atoms with Crippen molar-refractivity contribution >= 4 is 31.7 Å². The first-order valence-electron chi connectivity index (χ1n) is 6.54. The van der Waals surface area contributed by atoms with Crippen molar-refractivity contribution in [2.24, 2.45) is 0 Å². The molecule has 0 aromatic heterocycles. The molecule has 0 radical (unpaired) electrons. The predicted molar refractivity (Wildman–Crippen MR) is 85.2 cm³/mol. The second kappa shape index (κ2) is 4.98. The van der Waals surface area contributed by atoms with Crippen LogP contribution in [-0.4, -0.2) is 13.0 Å². The third kappa shape index (κ3) is 2.33. The van der Waals surface area contributed by atoms with Crippen molar-refractivity contribution in [1.29, 1.82) is 0 Å². The molecule has 3 nitrogen and oxygen atoms in total. The molecular weight excluding hydrogens is 284 g/mol. The molecule has 21 heavy (non-hydrogen) atoms. The van der Waals surface area contributed by atoms with Crippen molar-refractivity contribution in [2.75, 3.05) is 0 Å². The molecule has 0 bridgehead atoms. The minimum absolute atomic E-state index is 0.0508. The Morgan fingerprint density at radius 2 is 1.67 bits per heavy atom. The largest absolute Gasteiger partial charge is 0.294 e. The molecule has 1 N–H and O–H groups in total. The molecule has 0 heterocycles. The van der Waals surface area contributed by atoms with Crippen LogP contribution in [0.25, 0.3) is 21.5 Å². The molecule has 0 unspecified atom stereocenters. The summed E-state index contributed by atoms with van der Waals surface area (Å²) in [6.07, 6.45) is 2.02. The maximum Gasteiger partial charge on any atom is 0.294 e. The molecule has 0 fully saturated rings. The van der Waals surface area contributed by atoms with Gasteiger partial charge in [-0.1, -0.05) is 48.5 Å². The van der Waals surface area contributed by atoms with Crippen LogP contribution in [0, 0.1) is 0 Å². The second-order valence-electron chi connectivity index (χ2n) is 4.89. The summed E-state index contributed by atoms with van der Waals surface area (Å²) in [6.45, 7) is 3.67. The second-order valence-corrected chi connectivity index (χ2v) is 6.28. The van der Waals surface area contributed by atoms with Gasteiger partial charge in [0.25, 0.3) is 10.1 Å². The summed E-state index contributed by atoms with van der Waals surface area (Å²) in [5, 5.41) is 3.94. The van der Waals surface area contributed by atoms with E-state index < -0.39 is 10.1 Å². The van der Waals surface area contributed by atoms with E-state index in [1.54, 1.807) is 12.1 Å². The molecule has 106 valence electrons. The Morgan fingerprint density at radius 1 is 0.952 bits per heavy atom. The maximum atomic E-state index is 11.6. The van der Waals surface area contributed by atoms with E-state index in [1.807, 2.05) is 36.4 Å². The Hall–Kier alpha value is -2.17. The average Bonchev–Trinajstić information content (AvgIpc) is 2.46. The minimum Gasteiger partial charge on any atom is -0.282 e. The number of rotatable bonds is 3. The van der Waals surface area contributed by atoms with Crippen molar-refractivity contribution in [2.45, 2.75) is 11.3 Å². The van der Waals surface area contributed by atoms with E-state index in [4.69, 9.17) is 0 Å². The van der Waals surface area contributed by atoms with Gasteiger partial charge in [-0.2, -0.15) is 8.42 Å². The third-order valence-electron chi connectivity index (χ3n) is 3.62. The zero-order chi connectivity index (χ0) is 15.0. The molecule has 0 aliphatic rings. The number of benzene rings is 3. The van der Waals surface area contributed by atoms with Crippen LogP contribution < -0.4 is 0 Å². The number of hydrogen-bond donors (Lipinski definition) is 1. The van der Waals surface area contributed by atoms with Crippen molar-refractivity contribution in [1.82, 2.24) is 0 Å². The highest BCUT2D eigenvalue weighted by Crippen LogP contribution is 2.31. The van der Waals surface area contributed by atoms with E-state index in [9.17, 15) is 13.0 Å². The zero-order valence-corrected chi connectivity index (χ0v) is 12.1. The van der Waals surface area contributed by atoms with Crippen LogP contribution in [0.1, 0.15) is 5.56 Å². The van der Waals surface area contributed by atoms with Gasteiger partial charge in [0.05, 0.1) is 4.90 Å². The lowest BCUT2D eigenvalue weighted by Crippen LogP contribution is -2.03. The Labute approximate surface area is 123 Å². The van der Waals surface area contributed by atoms with E-state index in [0.29, 0.717) is 12.0 Å². The van der Waals surface area contributed by atoms with Crippen LogP contribution in [0.3, 0.4) is 0 Å². The highest BCUT2D eigenvalue weighted by atomic mass is 32.2. The average molecular weight is 298 g/mol. The molecule has 3 aromatic carbocycles. The van der Waals surface area contributed by atoms with Crippen molar-refractivity contribution in [3.8, 4) is 0 Å². The predicted octanol–water partition coefficient (Wildman–Crippen LogP) is 3.97. The van der Waals surface area contributed by atoms with Gasteiger partial charge in [0, 0.05) is 0 Å². The van der Waals surface area contributed by atoms with Crippen molar-refractivity contribution in [3.63, 3.8) is 0 Å². The number of fused-ring (bicyclic) bond motifs is 3. The van der Waals surface area contributed by atoms with Crippen LogP contribution >= 0.6 is 0 Å². The summed E-state index contributed by atoms with van der Waals surface area (Å²) in [4.78, 5) is -0.0508.